The van der Waals surface area contributed by atoms with E-state index in [1.165, 1.54) is 21.5 Å². The molecule has 0 saturated carbocycles. The maximum Gasteiger partial charge on any atom is 0.200 e. The standard InChI is InChI=1S/C54H40O4/c55-51(43-15-3-1-4-16-43)35-57-53-33-50(42-31-27-40(28-32-42)48-24-12-20-38-14-8-10-22-46(38)48)54(58-36-52(56)44-17-5-2-6-18-44)34-49(53)41-29-25-39(26-30-41)47-23-11-19-37-13-7-9-21-45(37)47/h1-34,51,55H,35-36H2. The number of ketones is 1. The Balaban J connectivity index is 1.14. The molecule has 0 aromatic heterocycles. The molecule has 58 heavy (non-hydrogen) atoms. The second kappa shape index (κ2) is 16.4. The molecule has 0 aliphatic carbocycles. The Hall–Kier alpha value is -7.27. The summed E-state index contributed by atoms with van der Waals surface area (Å²) in [5, 5.41) is 16.0. The average Bonchev–Trinajstić information content (AvgIpc) is 3.30. The fourth-order valence-corrected chi connectivity index (χ4v) is 7.65. The van der Waals surface area contributed by atoms with Gasteiger partial charge in [0.2, 0.25) is 0 Å². The van der Waals surface area contributed by atoms with Crippen LogP contribution in [0.1, 0.15) is 22.0 Å². The van der Waals surface area contributed by atoms with Crippen LogP contribution in [0.2, 0.25) is 0 Å². The number of hydrogen-bond acceptors (Lipinski definition) is 4. The van der Waals surface area contributed by atoms with Crippen LogP contribution in [0.25, 0.3) is 66.1 Å². The molecule has 280 valence electrons. The normalized spacial score (nSPS) is 11.7. The summed E-state index contributed by atoms with van der Waals surface area (Å²) in [5.74, 6) is 1.01. The Morgan fingerprint density at radius 2 is 0.845 bits per heavy atom. The van der Waals surface area contributed by atoms with Crippen molar-refractivity contribution in [3.05, 3.63) is 217 Å². The zero-order valence-electron chi connectivity index (χ0n) is 31.8. The van der Waals surface area contributed by atoms with E-state index in [-0.39, 0.29) is 19.0 Å². The van der Waals surface area contributed by atoms with Gasteiger partial charge in [-0.3, -0.25) is 4.79 Å². The minimum atomic E-state index is -0.842. The predicted molar refractivity (Wildman–Crippen MR) is 236 cm³/mol. The van der Waals surface area contributed by atoms with E-state index >= 15 is 0 Å². The summed E-state index contributed by atoms with van der Waals surface area (Å²) in [6.07, 6.45) is -0.842. The summed E-state index contributed by atoms with van der Waals surface area (Å²) in [6.45, 7) is -0.102. The lowest BCUT2D eigenvalue weighted by atomic mass is 9.93. The summed E-state index contributed by atoms with van der Waals surface area (Å²) in [6, 6.07) is 69.0. The fourth-order valence-electron chi connectivity index (χ4n) is 7.65. The van der Waals surface area contributed by atoms with Crippen LogP contribution in [-0.2, 0) is 0 Å². The largest absolute Gasteiger partial charge is 0.490 e. The number of rotatable bonds is 12. The second-order valence-corrected chi connectivity index (χ2v) is 14.4. The van der Waals surface area contributed by atoms with E-state index in [1.54, 1.807) is 12.1 Å². The maximum absolute atomic E-state index is 13.4. The van der Waals surface area contributed by atoms with Crippen LogP contribution >= 0.6 is 0 Å². The highest BCUT2D eigenvalue weighted by atomic mass is 16.5. The molecule has 0 radical (unpaired) electrons. The van der Waals surface area contributed by atoms with Crippen LogP contribution in [0, 0.1) is 0 Å². The molecule has 0 bridgehead atoms. The molecule has 0 heterocycles. The van der Waals surface area contributed by atoms with Gasteiger partial charge in [-0.05, 0) is 72.6 Å². The number of aliphatic hydroxyl groups is 1. The molecule has 0 spiro atoms. The molecule has 9 aromatic rings. The van der Waals surface area contributed by atoms with Crippen LogP contribution < -0.4 is 9.47 Å². The fraction of sp³-hybridized carbons (Fsp3) is 0.0556. The van der Waals surface area contributed by atoms with Gasteiger partial charge in [-0.2, -0.15) is 0 Å². The lowest BCUT2D eigenvalue weighted by Gasteiger charge is -2.20. The van der Waals surface area contributed by atoms with Gasteiger partial charge in [0.15, 0.2) is 12.4 Å². The highest BCUT2D eigenvalue weighted by Crippen LogP contribution is 2.43. The van der Waals surface area contributed by atoms with Crippen LogP contribution in [0.5, 0.6) is 11.5 Å². The van der Waals surface area contributed by atoms with Crippen molar-refractivity contribution in [2.75, 3.05) is 13.2 Å². The summed E-state index contributed by atoms with van der Waals surface area (Å²) in [5.41, 5.74) is 9.20. The summed E-state index contributed by atoms with van der Waals surface area (Å²) in [4.78, 5) is 13.4. The number of carbonyl (C=O) groups excluding carboxylic acids is 1. The Kier molecular flexibility index (Phi) is 10.3. The Morgan fingerprint density at radius 1 is 0.431 bits per heavy atom. The molecule has 1 unspecified atom stereocenters. The molecule has 1 N–H and O–H groups in total. The first-order valence-electron chi connectivity index (χ1n) is 19.5. The topological polar surface area (TPSA) is 55.8 Å². The third-order valence-electron chi connectivity index (χ3n) is 10.7. The van der Waals surface area contributed by atoms with Crippen LogP contribution in [-0.4, -0.2) is 24.1 Å². The Labute approximate surface area is 338 Å². The van der Waals surface area contributed by atoms with Gasteiger partial charge < -0.3 is 14.6 Å². The lowest BCUT2D eigenvalue weighted by Crippen LogP contribution is -2.13. The average molecular weight is 753 g/mol. The molecule has 4 nitrogen and oxygen atoms in total. The maximum atomic E-state index is 13.4. The SMILES string of the molecule is O=C(COc1cc(-c2ccc(-c3cccc4ccccc34)cc2)c(OCC(O)c2ccccc2)cc1-c1ccc(-c2cccc3ccccc23)cc1)c1ccccc1. The van der Waals surface area contributed by atoms with Gasteiger partial charge in [0, 0.05) is 16.7 Å². The number of fused-ring (bicyclic) bond motifs is 2. The number of Topliss-reactive ketones (excluding diaryl/α,β-unsaturated/α-hetero) is 1. The van der Waals surface area contributed by atoms with Crippen molar-refractivity contribution in [1.82, 2.24) is 0 Å². The van der Waals surface area contributed by atoms with Crippen molar-refractivity contribution < 1.29 is 19.4 Å². The number of carbonyl (C=O) groups is 1. The van der Waals surface area contributed by atoms with Crippen molar-refractivity contribution in [3.8, 4) is 56.0 Å². The van der Waals surface area contributed by atoms with Gasteiger partial charge in [-0.25, -0.2) is 0 Å². The van der Waals surface area contributed by atoms with Crippen LogP contribution in [0.3, 0.4) is 0 Å². The molecule has 0 aliphatic heterocycles. The van der Waals surface area contributed by atoms with E-state index in [2.05, 4.69) is 133 Å². The molecule has 0 aliphatic rings. The lowest BCUT2D eigenvalue weighted by molar-refractivity contribution is 0.0921. The summed E-state index contributed by atoms with van der Waals surface area (Å²) < 4.78 is 13.0. The zero-order chi connectivity index (χ0) is 39.3. The van der Waals surface area contributed by atoms with Crippen molar-refractivity contribution in [1.29, 1.82) is 0 Å². The molecule has 0 amide bonds. The van der Waals surface area contributed by atoms with Crippen LogP contribution in [0.15, 0.2) is 206 Å². The van der Waals surface area contributed by atoms with Gasteiger partial charge in [-0.15, -0.1) is 0 Å². The Morgan fingerprint density at radius 3 is 1.36 bits per heavy atom. The summed E-state index contributed by atoms with van der Waals surface area (Å²) in [7, 11) is 0. The van der Waals surface area contributed by atoms with Gasteiger partial charge in [0.25, 0.3) is 0 Å². The first-order valence-corrected chi connectivity index (χ1v) is 19.5. The van der Waals surface area contributed by atoms with Crippen molar-refractivity contribution >= 4 is 27.3 Å². The highest BCUT2D eigenvalue weighted by Gasteiger charge is 2.19. The highest BCUT2D eigenvalue weighted by molar-refractivity contribution is 5.99. The first-order chi connectivity index (χ1) is 28.6. The minimum absolute atomic E-state index is 0.0389. The zero-order valence-corrected chi connectivity index (χ0v) is 31.8. The molecule has 9 rings (SSSR count). The van der Waals surface area contributed by atoms with Crippen molar-refractivity contribution in [2.45, 2.75) is 6.10 Å². The van der Waals surface area contributed by atoms with Crippen LogP contribution in [0.4, 0.5) is 0 Å². The molecule has 1 atom stereocenters. The monoisotopic (exact) mass is 752 g/mol. The minimum Gasteiger partial charge on any atom is -0.490 e. The molecule has 0 saturated heterocycles. The number of aliphatic hydroxyl groups excluding tert-OH is 1. The van der Waals surface area contributed by atoms with E-state index in [9.17, 15) is 9.90 Å². The second-order valence-electron chi connectivity index (χ2n) is 14.4. The van der Waals surface area contributed by atoms with E-state index in [0.29, 0.717) is 17.1 Å². The van der Waals surface area contributed by atoms with Gasteiger partial charge in [0.1, 0.15) is 24.2 Å². The Bertz CT molecular complexity index is 2840. The number of ether oxygens (including phenoxy) is 2. The number of benzene rings is 9. The number of hydrogen-bond donors (Lipinski definition) is 1. The van der Waals surface area contributed by atoms with Gasteiger partial charge in [0.05, 0.1) is 0 Å². The van der Waals surface area contributed by atoms with Gasteiger partial charge in [-0.1, -0.05) is 194 Å². The van der Waals surface area contributed by atoms with Crippen molar-refractivity contribution in [3.63, 3.8) is 0 Å². The molecule has 9 aromatic carbocycles. The quantitative estimate of drug-likeness (QED) is 0.126. The van der Waals surface area contributed by atoms with Gasteiger partial charge >= 0.3 is 0 Å². The molecule has 0 fully saturated rings. The summed E-state index contributed by atoms with van der Waals surface area (Å²) >= 11 is 0. The molecular weight excluding hydrogens is 713 g/mol. The van der Waals surface area contributed by atoms with E-state index in [1.807, 2.05) is 60.7 Å². The molecule has 4 heteroatoms. The predicted octanol–water partition coefficient (Wildman–Crippen LogP) is 13.0. The van der Waals surface area contributed by atoms with E-state index < -0.39 is 6.10 Å². The smallest absolute Gasteiger partial charge is 0.200 e. The van der Waals surface area contributed by atoms with Crippen molar-refractivity contribution in [2.24, 2.45) is 0 Å². The van der Waals surface area contributed by atoms with E-state index in [0.717, 1.165) is 50.1 Å². The third-order valence-corrected chi connectivity index (χ3v) is 10.7. The third kappa shape index (κ3) is 7.62. The van der Waals surface area contributed by atoms with E-state index in [4.69, 9.17) is 9.47 Å². The molecular formula is C54H40O4. The first kappa shape index (κ1) is 36.4.